The van der Waals surface area contributed by atoms with E-state index in [0.29, 0.717) is 5.82 Å². The van der Waals surface area contributed by atoms with Crippen molar-refractivity contribution in [2.75, 3.05) is 11.5 Å². The molecule has 0 spiro atoms. The van der Waals surface area contributed by atoms with Gasteiger partial charge in [-0.1, -0.05) is 60.7 Å². The fourth-order valence-electron chi connectivity index (χ4n) is 3.32. The average Bonchev–Trinajstić information content (AvgIpc) is 2.62. The predicted octanol–water partition coefficient (Wildman–Crippen LogP) is 4.44. The van der Waals surface area contributed by atoms with Gasteiger partial charge in [0.05, 0.1) is 5.52 Å². The average molecular weight is 326 g/mol. The molecule has 0 unspecified atom stereocenters. The van der Waals surface area contributed by atoms with Crippen LogP contribution in [0.25, 0.3) is 33.2 Å². The van der Waals surface area contributed by atoms with E-state index >= 15 is 0 Å². The van der Waals surface area contributed by atoms with Crippen LogP contribution in [0.3, 0.4) is 0 Å². The molecule has 1 aromatic heterocycles. The van der Waals surface area contributed by atoms with E-state index in [1.807, 2.05) is 30.3 Å². The number of nitrogen functional groups attached to an aromatic ring is 2. The zero-order valence-corrected chi connectivity index (χ0v) is 13.9. The molecule has 25 heavy (non-hydrogen) atoms. The van der Waals surface area contributed by atoms with Crippen molar-refractivity contribution in [3.8, 4) is 22.3 Å². The second kappa shape index (κ2) is 5.91. The molecule has 3 aromatic carbocycles. The van der Waals surface area contributed by atoms with E-state index in [1.54, 1.807) is 0 Å². The topological polar surface area (TPSA) is 77.8 Å². The maximum absolute atomic E-state index is 6.12. The Hall–Kier alpha value is -3.40. The Morgan fingerprint density at radius 2 is 1.36 bits per heavy atom. The van der Waals surface area contributed by atoms with Gasteiger partial charge < -0.3 is 11.5 Å². The van der Waals surface area contributed by atoms with Crippen molar-refractivity contribution in [3.05, 3.63) is 72.3 Å². The number of aromatic nitrogens is 2. The summed E-state index contributed by atoms with van der Waals surface area (Å²) in [5, 5.41) is 0.856. The van der Waals surface area contributed by atoms with Crippen molar-refractivity contribution >= 4 is 22.7 Å². The first kappa shape index (κ1) is 15.1. The Morgan fingerprint density at radius 1 is 0.680 bits per heavy atom. The number of anilines is 2. The van der Waals surface area contributed by atoms with Gasteiger partial charge >= 0.3 is 0 Å². The monoisotopic (exact) mass is 326 g/mol. The number of rotatable bonds is 2. The summed E-state index contributed by atoms with van der Waals surface area (Å²) in [4.78, 5) is 8.42. The maximum atomic E-state index is 6.12. The lowest BCUT2D eigenvalue weighted by molar-refractivity contribution is 1.24. The molecule has 122 valence electrons. The van der Waals surface area contributed by atoms with E-state index in [0.717, 1.165) is 27.6 Å². The van der Waals surface area contributed by atoms with Crippen LogP contribution in [0.5, 0.6) is 0 Å². The first-order chi connectivity index (χ1) is 12.1. The molecular formula is C21H18N4. The first-order valence-electron chi connectivity index (χ1n) is 8.12. The van der Waals surface area contributed by atoms with Crippen LogP contribution in [-0.2, 0) is 0 Å². The molecule has 0 saturated carbocycles. The third-order valence-electron chi connectivity index (χ3n) is 4.47. The van der Waals surface area contributed by atoms with Crippen LogP contribution in [0, 0.1) is 6.92 Å². The first-order valence-corrected chi connectivity index (χ1v) is 8.12. The molecule has 0 radical (unpaired) electrons. The number of aryl methyl sites for hydroxylation is 1. The second-order valence-corrected chi connectivity index (χ2v) is 6.01. The zero-order valence-electron chi connectivity index (χ0n) is 13.9. The minimum absolute atomic E-state index is 0.196. The van der Waals surface area contributed by atoms with Gasteiger partial charge in [-0.05, 0) is 40.8 Å². The third kappa shape index (κ3) is 2.58. The molecule has 0 amide bonds. The van der Waals surface area contributed by atoms with E-state index in [4.69, 9.17) is 11.5 Å². The van der Waals surface area contributed by atoms with Crippen molar-refractivity contribution in [2.24, 2.45) is 0 Å². The van der Waals surface area contributed by atoms with Gasteiger partial charge in [-0.3, -0.25) is 0 Å². The van der Waals surface area contributed by atoms with Gasteiger partial charge in [-0.25, -0.2) is 4.98 Å². The third-order valence-corrected chi connectivity index (χ3v) is 4.47. The minimum atomic E-state index is 0.196. The summed E-state index contributed by atoms with van der Waals surface area (Å²) in [7, 11) is 0. The lowest BCUT2D eigenvalue weighted by atomic mass is 9.91. The Morgan fingerprint density at radius 3 is 2.12 bits per heavy atom. The van der Waals surface area contributed by atoms with Gasteiger partial charge in [-0.15, -0.1) is 0 Å². The van der Waals surface area contributed by atoms with E-state index in [9.17, 15) is 0 Å². The molecule has 4 rings (SSSR count). The number of nitrogens with two attached hydrogens (primary N) is 2. The smallest absolute Gasteiger partial charge is 0.222 e. The Labute approximate surface area is 146 Å². The maximum Gasteiger partial charge on any atom is 0.222 e. The summed E-state index contributed by atoms with van der Waals surface area (Å²) in [6.45, 7) is 2.05. The molecule has 4 heteroatoms. The minimum Gasteiger partial charge on any atom is -0.383 e. The SMILES string of the molecule is Cc1c(-c2ccccc2-c2ccccc2)ccc2nc(N)nc(N)c12. The van der Waals surface area contributed by atoms with Gasteiger partial charge in [0.15, 0.2) is 0 Å². The highest BCUT2D eigenvalue weighted by molar-refractivity contribution is 5.98. The molecule has 4 nitrogen and oxygen atoms in total. The zero-order chi connectivity index (χ0) is 17.4. The van der Waals surface area contributed by atoms with Crippen LogP contribution in [-0.4, -0.2) is 9.97 Å². The number of benzene rings is 3. The summed E-state index contributed by atoms with van der Waals surface area (Å²) >= 11 is 0. The Kier molecular flexibility index (Phi) is 3.58. The largest absolute Gasteiger partial charge is 0.383 e. The van der Waals surface area contributed by atoms with Gasteiger partial charge in [0.25, 0.3) is 0 Å². The molecule has 4 aromatic rings. The van der Waals surface area contributed by atoms with Gasteiger partial charge in [0.2, 0.25) is 5.95 Å². The molecule has 0 saturated heterocycles. The molecule has 1 heterocycles. The molecule has 0 aliphatic carbocycles. The van der Waals surface area contributed by atoms with Gasteiger partial charge in [0, 0.05) is 5.39 Å². The Bertz CT molecular complexity index is 1070. The molecular weight excluding hydrogens is 308 g/mol. The van der Waals surface area contributed by atoms with Crippen LogP contribution >= 0.6 is 0 Å². The lowest BCUT2D eigenvalue weighted by Crippen LogP contribution is -2.02. The molecule has 4 N–H and O–H groups in total. The number of hydrogen-bond donors (Lipinski definition) is 2. The van der Waals surface area contributed by atoms with Crippen LogP contribution in [0.4, 0.5) is 11.8 Å². The van der Waals surface area contributed by atoms with Crippen LogP contribution in [0.15, 0.2) is 66.7 Å². The van der Waals surface area contributed by atoms with Crippen LogP contribution in [0.2, 0.25) is 0 Å². The fraction of sp³-hybridized carbons (Fsp3) is 0.0476. The summed E-state index contributed by atoms with van der Waals surface area (Å²) in [5.41, 5.74) is 18.3. The molecule has 0 bridgehead atoms. The predicted molar refractivity (Wildman–Crippen MR) is 104 cm³/mol. The summed E-state index contributed by atoms with van der Waals surface area (Å²) < 4.78 is 0. The highest BCUT2D eigenvalue weighted by Gasteiger charge is 2.14. The summed E-state index contributed by atoms with van der Waals surface area (Å²) in [6.07, 6.45) is 0. The fourth-order valence-corrected chi connectivity index (χ4v) is 3.32. The van der Waals surface area contributed by atoms with E-state index < -0.39 is 0 Å². The number of nitrogens with zero attached hydrogens (tertiary/aromatic N) is 2. The lowest BCUT2D eigenvalue weighted by Gasteiger charge is -2.15. The van der Waals surface area contributed by atoms with Crippen molar-refractivity contribution in [3.63, 3.8) is 0 Å². The molecule has 0 fully saturated rings. The quantitative estimate of drug-likeness (QED) is 0.571. The highest BCUT2D eigenvalue weighted by Crippen LogP contribution is 2.37. The number of fused-ring (bicyclic) bond motifs is 1. The second-order valence-electron chi connectivity index (χ2n) is 6.01. The van der Waals surface area contributed by atoms with Crippen molar-refractivity contribution in [1.29, 1.82) is 0 Å². The molecule has 0 atom stereocenters. The van der Waals surface area contributed by atoms with E-state index in [-0.39, 0.29) is 5.95 Å². The van der Waals surface area contributed by atoms with E-state index in [1.165, 1.54) is 11.1 Å². The van der Waals surface area contributed by atoms with Crippen molar-refractivity contribution < 1.29 is 0 Å². The van der Waals surface area contributed by atoms with Crippen LogP contribution < -0.4 is 11.5 Å². The van der Waals surface area contributed by atoms with Crippen molar-refractivity contribution in [1.82, 2.24) is 9.97 Å². The van der Waals surface area contributed by atoms with E-state index in [2.05, 4.69) is 53.3 Å². The summed E-state index contributed by atoms with van der Waals surface area (Å²) in [6, 6.07) is 22.8. The highest BCUT2D eigenvalue weighted by atomic mass is 15.0. The van der Waals surface area contributed by atoms with Gasteiger partial charge in [-0.2, -0.15) is 4.98 Å². The van der Waals surface area contributed by atoms with Gasteiger partial charge in [0.1, 0.15) is 5.82 Å². The normalized spacial score (nSPS) is 10.9. The molecule has 0 aliphatic heterocycles. The standard InChI is InChI=1S/C21H18N4/c1-13-15(11-12-18-19(13)20(22)25-21(23)24-18)17-10-6-5-9-16(17)14-7-3-2-4-8-14/h2-12H,1H3,(H4,22,23,24,25). The summed E-state index contributed by atoms with van der Waals surface area (Å²) in [5.74, 6) is 0.612. The number of hydrogen-bond acceptors (Lipinski definition) is 4. The Balaban J connectivity index is 1.99. The molecule has 0 aliphatic rings. The van der Waals surface area contributed by atoms with Crippen molar-refractivity contribution in [2.45, 2.75) is 6.92 Å². The van der Waals surface area contributed by atoms with Crippen LogP contribution in [0.1, 0.15) is 5.56 Å².